The van der Waals surface area contributed by atoms with E-state index in [0.29, 0.717) is 38.6 Å². The Labute approximate surface area is 184 Å². The predicted molar refractivity (Wildman–Crippen MR) is 120 cm³/mol. The van der Waals surface area contributed by atoms with Gasteiger partial charge in [-0.3, -0.25) is 9.78 Å². The number of hydrogen-bond acceptors (Lipinski definition) is 5. The minimum absolute atomic E-state index is 0.159. The van der Waals surface area contributed by atoms with Gasteiger partial charge in [-0.25, -0.2) is 8.42 Å². The molecule has 31 heavy (non-hydrogen) atoms. The highest BCUT2D eigenvalue weighted by atomic mass is 35.5. The van der Waals surface area contributed by atoms with Gasteiger partial charge in [-0.15, -0.1) is 0 Å². The number of carbonyl (C=O) groups is 1. The van der Waals surface area contributed by atoms with Gasteiger partial charge in [0.25, 0.3) is 5.91 Å². The number of ether oxygens (including phenoxy) is 1. The molecule has 0 spiro atoms. The monoisotopic (exact) mass is 452 g/mol. The third kappa shape index (κ3) is 4.23. The van der Waals surface area contributed by atoms with Gasteiger partial charge in [-0.2, -0.15) is 0 Å². The van der Waals surface area contributed by atoms with Gasteiger partial charge in [0.15, 0.2) is 9.84 Å². The molecule has 3 aromatic carbocycles. The van der Waals surface area contributed by atoms with Crippen LogP contribution in [0.4, 0.5) is 0 Å². The van der Waals surface area contributed by atoms with Gasteiger partial charge in [0, 0.05) is 23.4 Å². The van der Waals surface area contributed by atoms with Crippen LogP contribution in [0, 0.1) is 0 Å². The molecule has 0 saturated carbocycles. The van der Waals surface area contributed by atoms with E-state index in [4.69, 9.17) is 22.1 Å². The maximum atomic E-state index is 12.1. The smallest absolute Gasteiger partial charge is 0.250 e. The molecule has 156 valence electrons. The molecule has 0 aliphatic rings. The van der Waals surface area contributed by atoms with Crippen LogP contribution < -0.4 is 10.5 Å². The lowest BCUT2D eigenvalue weighted by molar-refractivity contribution is 0.100. The van der Waals surface area contributed by atoms with Crippen molar-refractivity contribution in [2.45, 2.75) is 4.90 Å². The maximum Gasteiger partial charge on any atom is 0.250 e. The molecule has 0 saturated heterocycles. The van der Waals surface area contributed by atoms with E-state index in [2.05, 4.69) is 4.98 Å². The number of nitrogens with zero attached hydrogens (tertiary/aromatic N) is 1. The summed E-state index contributed by atoms with van der Waals surface area (Å²) in [6.45, 7) is 0. The molecular formula is C23H17ClN2O4S. The van der Waals surface area contributed by atoms with Gasteiger partial charge in [0.2, 0.25) is 0 Å². The summed E-state index contributed by atoms with van der Waals surface area (Å²) in [5, 5.41) is 1.14. The summed E-state index contributed by atoms with van der Waals surface area (Å²) in [6.07, 6.45) is 2.55. The molecule has 6 nitrogen and oxygen atoms in total. The topological polar surface area (TPSA) is 99.4 Å². The lowest BCUT2D eigenvalue weighted by atomic mass is 9.96. The number of para-hydroxylation sites is 1. The number of aromatic nitrogens is 1. The van der Waals surface area contributed by atoms with Gasteiger partial charge < -0.3 is 10.5 Å². The molecule has 0 atom stereocenters. The molecule has 4 rings (SSSR count). The van der Waals surface area contributed by atoms with Crippen molar-refractivity contribution in [3.63, 3.8) is 0 Å². The standard InChI is InChI=1S/C23H17ClN2O4S/c1-31(28,29)17-8-3-7-16(12-17)30-15-6-2-5-14(11-15)21-18-9-4-10-20(24)22(18)26-13-19(21)23(25)27/h2-13H,1H3,(H2,25,27). The fourth-order valence-electron chi connectivity index (χ4n) is 3.30. The average Bonchev–Trinajstić information content (AvgIpc) is 2.73. The fraction of sp³-hybridized carbons (Fsp3) is 0.0435. The highest BCUT2D eigenvalue weighted by molar-refractivity contribution is 7.90. The first-order valence-corrected chi connectivity index (χ1v) is 11.5. The second-order valence-electron chi connectivity index (χ2n) is 6.92. The Morgan fingerprint density at radius 2 is 1.68 bits per heavy atom. The van der Waals surface area contributed by atoms with Crippen molar-refractivity contribution in [1.29, 1.82) is 0 Å². The van der Waals surface area contributed by atoms with E-state index in [0.717, 1.165) is 6.26 Å². The van der Waals surface area contributed by atoms with E-state index in [1.54, 1.807) is 42.5 Å². The Morgan fingerprint density at radius 3 is 2.39 bits per heavy atom. The van der Waals surface area contributed by atoms with Gasteiger partial charge in [-0.05, 0) is 42.0 Å². The first kappa shape index (κ1) is 20.8. The maximum absolute atomic E-state index is 12.1. The summed E-state index contributed by atoms with van der Waals surface area (Å²) >= 11 is 6.29. The number of amides is 1. The van der Waals surface area contributed by atoms with Gasteiger partial charge in [-0.1, -0.05) is 41.9 Å². The third-order valence-corrected chi connectivity index (χ3v) is 6.12. The van der Waals surface area contributed by atoms with Gasteiger partial charge >= 0.3 is 0 Å². The van der Waals surface area contributed by atoms with E-state index in [-0.39, 0.29) is 10.5 Å². The summed E-state index contributed by atoms with van der Waals surface area (Å²) in [4.78, 5) is 16.5. The van der Waals surface area contributed by atoms with Crippen LogP contribution >= 0.6 is 11.6 Å². The molecule has 1 aromatic heterocycles. The minimum Gasteiger partial charge on any atom is -0.457 e. The first-order chi connectivity index (χ1) is 14.7. The largest absolute Gasteiger partial charge is 0.457 e. The Balaban J connectivity index is 1.83. The number of hydrogen-bond donors (Lipinski definition) is 1. The second kappa shape index (κ2) is 8.02. The molecule has 0 unspecified atom stereocenters. The van der Waals surface area contributed by atoms with Crippen molar-refractivity contribution >= 4 is 38.2 Å². The van der Waals surface area contributed by atoms with Crippen molar-refractivity contribution in [2.75, 3.05) is 6.26 Å². The van der Waals surface area contributed by atoms with E-state index in [1.807, 2.05) is 12.1 Å². The van der Waals surface area contributed by atoms with Gasteiger partial charge in [0.05, 0.1) is 21.0 Å². The summed E-state index contributed by atoms with van der Waals surface area (Å²) in [6, 6.07) is 18.6. The number of sulfone groups is 1. The molecule has 1 amide bonds. The van der Waals surface area contributed by atoms with Crippen LogP contribution in [0.15, 0.2) is 77.8 Å². The van der Waals surface area contributed by atoms with E-state index >= 15 is 0 Å². The zero-order chi connectivity index (χ0) is 22.2. The minimum atomic E-state index is -3.36. The first-order valence-electron chi connectivity index (χ1n) is 9.19. The Morgan fingerprint density at radius 1 is 1.00 bits per heavy atom. The Hall–Kier alpha value is -3.42. The third-order valence-electron chi connectivity index (χ3n) is 4.71. The molecule has 1 heterocycles. The fourth-order valence-corrected chi connectivity index (χ4v) is 4.18. The van der Waals surface area contributed by atoms with Crippen LogP contribution in [-0.2, 0) is 9.84 Å². The van der Waals surface area contributed by atoms with Crippen molar-refractivity contribution in [1.82, 2.24) is 4.98 Å². The SMILES string of the molecule is CS(=O)(=O)c1cccc(Oc2cccc(-c3c(C(N)=O)cnc4c(Cl)cccc34)c2)c1. The molecule has 4 aromatic rings. The number of carbonyl (C=O) groups excluding carboxylic acids is 1. The second-order valence-corrected chi connectivity index (χ2v) is 9.35. The summed E-state index contributed by atoms with van der Waals surface area (Å²) in [5.41, 5.74) is 7.68. The van der Waals surface area contributed by atoms with E-state index in [9.17, 15) is 13.2 Å². The van der Waals surface area contributed by atoms with Crippen molar-refractivity contribution < 1.29 is 17.9 Å². The molecule has 0 aliphatic carbocycles. The highest BCUT2D eigenvalue weighted by Crippen LogP contribution is 2.36. The number of fused-ring (bicyclic) bond motifs is 1. The van der Waals surface area contributed by atoms with Crippen molar-refractivity contribution in [3.05, 3.63) is 83.5 Å². The summed E-state index contributed by atoms with van der Waals surface area (Å²) in [7, 11) is -3.36. The van der Waals surface area contributed by atoms with Crippen LogP contribution in [0.3, 0.4) is 0 Å². The number of pyridine rings is 1. The molecule has 0 aliphatic heterocycles. The van der Waals surface area contributed by atoms with E-state index in [1.165, 1.54) is 18.3 Å². The Kier molecular flexibility index (Phi) is 5.39. The Bertz CT molecular complexity index is 1430. The number of rotatable bonds is 5. The molecular weight excluding hydrogens is 436 g/mol. The van der Waals surface area contributed by atoms with Crippen LogP contribution in [0.5, 0.6) is 11.5 Å². The lowest BCUT2D eigenvalue weighted by Crippen LogP contribution is -2.13. The van der Waals surface area contributed by atoms with Gasteiger partial charge in [0.1, 0.15) is 11.5 Å². The van der Waals surface area contributed by atoms with Crippen molar-refractivity contribution in [2.24, 2.45) is 5.73 Å². The van der Waals surface area contributed by atoms with Crippen LogP contribution in [0.1, 0.15) is 10.4 Å². The molecule has 0 bridgehead atoms. The highest BCUT2D eigenvalue weighted by Gasteiger charge is 2.17. The lowest BCUT2D eigenvalue weighted by Gasteiger charge is -2.13. The molecule has 0 fully saturated rings. The van der Waals surface area contributed by atoms with E-state index < -0.39 is 15.7 Å². The zero-order valence-electron chi connectivity index (χ0n) is 16.4. The average molecular weight is 453 g/mol. The molecule has 2 N–H and O–H groups in total. The van der Waals surface area contributed by atoms with Crippen LogP contribution in [-0.4, -0.2) is 25.6 Å². The number of nitrogens with two attached hydrogens (primary N) is 1. The predicted octanol–water partition coefficient (Wildman–Crippen LogP) is 4.85. The van der Waals surface area contributed by atoms with Crippen LogP contribution in [0.25, 0.3) is 22.0 Å². The number of halogens is 1. The van der Waals surface area contributed by atoms with Crippen LogP contribution in [0.2, 0.25) is 5.02 Å². The number of benzene rings is 3. The molecule has 8 heteroatoms. The van der Waals surface area contributed by atoms with Crippen molar-refractivity contribution in [3.8, 4) is 22.6 Å². The quantitative estimate of drug-likeness (QED) is 0.466. The normalized spacial score (nSPS) is 11.4. The summed E-state index contributed by atoms with van der Waals surface area (Å²) < 4.78 is 29.5. The number of primary amides is 1. The molecule has 0 radical (unpaired) electrons. The summed E-state index contributed by atoms with van der Waals surface area (Å²) in [5.74, 6) is 0.222. The zero-order valence-corrected chi connectivity index (χ0v) is 17.9.